The van der Waals surface area contributed by atoms with Crippen LogP contribution >= 0.6 is 0 Å². The number of hydrogen-bond acceptors (Lipinski definition) is 6. The van der Waals surface area contributed by atoms with Gasteiger partial charge in [0.15, 0.2) is 5.56 Å². The maximum atomic E-state index is 12.5. The maximum absolute atomic E-state index is 12.5. The first-order chi connectivity index (χ1) is 14.9. The van der Waals surface area contributed by atoms with Crippen LogP contribution < -0.4 is 5.56 Å². The van der Waals surface area contributed by atoms with Gasteiger partial charge in [0.2, 0.25) is 0 Å². The first-order valence-electron chi connectivity index (χ1n) is 10.5. The van der Waals surface area contributed by atoms with E-state index in [0.29, 0.717) is 30.9 Å². The Kier molecular flexibility index (Phi) is 5.58. The van der Waals surface area contributed by atoms with Gasteiger partial charge in [-0.1, -0.05) is 0 Å². The van der Waals surface area contributed by atoms with E-state index in [-0.39, 0.29) is 6.04 Å². The molecule has 2 atom stereocenters. The highest BCUT2D eigenvalue weighted by molar-refractivity contribution is 5.91. The fourth-order valence-corrected chi connectivity index (χ4v) is 5.05. The summed E-state index contributed by atoms with van der Waals surface area (Å²) in [7, 11) is 0. The minimum Gasteiger partial charge on any atom is -0.506 e. The molecule has 0 saturated heterocycles. The Labute approximate surface area is 180 Å². The quantitative estimate of drug-likeness (QED) is 0.651. The van der Waals surface area contributed by atoms with Gasteiger partial charge in [-0.3, -0.25) is 9.78 Å². The second-order valence-electron chi connectivity index (χ2n) is 8.30. The van der Waals surface area contributed by atoms with Gasteiger partial charge in [0.25, 0.3) is 5.56 Å². The molecule has 0 amide bonds. The molecule has 0 fully saturated rings. The summed E-state index contributed by atoms with van der Waals surface area (Å²) >= 11 is 0. The van der Waals surface area contributed by atoms with Crippen molar-refractivity contribution in [1.82, 2.24) is 14.9 Å². The average molecular weight is 425 g/mol. The molecule has 0 radical (unpaired) electrons. The van der Waals surface area contributed by atoms with Crippen LogP contribution in [0.2, 0.25) is 0 Å². The summed E-state index contributed by atoms with van der Waals surface area (Å²) in [5, 5.41) is 20.0. The van der Waals surface area contributed by atoms with Crippen LogP contribution in [0.4, 0.5) is 0 Å². The lowest BCUT2D eigenvalue weighted by atomic mass is 9.78. The number of carbonyl (C=O) groups is 1. The molecule has 8 heteroatoms. The second-order valence-corrected chi connectivity index (χ2v) is 8.30. The molecule has 0 spiro atoms. The van der Waals surface area contributed by atoms with Gasteiger partial charge >= 0.3 is 5.97 Å². The van der Waals surface area contributed by atoms with E-state index in [1.807, 2.05) is 19.1 Å². The number of rotatable bonds is 6. The van der Waals surface area contributed by atoms with Gasteiger partial charge in [0.05, 0.1) is 13.2 Å². The van der Waals surface area contributed by atoms with Crippen LogP contribution in [-0.4, -0.2) is 50.2 Å². The van der Waals surface area contributed by atoms with E-state index in [1.54, 1.807) is 12.4 Å². The molecule has 164 valence electrons. The van der Waals surface area contributed by atoms with Crippen molar-refractivity contribution >= 4 is 5.97 Å². The Morgan fingerprint density at radius 2 is 2.10 bits per heavy atom. The summed E-state index contributed by atoms with van der Waals surface area (Å²) < 4.78 is 5.97. The molecule has 2 aromatic rings. The normalized spacial score (nSPS) is 22.5. The van der Waals surface area contributed by atoms with Gasteiger partial charge in [0, 0.05) is 47.3 Å². The fourth-order valence-electron chi connectivity index (χ4n) is 5.05. The first kappa shape index (κ1) is 21.1. The van der Waals surface area contributed by atoms with Crippen LogP contribution in [0.5, 0.6) is 5.75 Å². The van der Waals surface area contributed by atoms with Gasteiger partial charge in [-0.2, -0.15) is 0 Å². The molecule has 3 N–H and O–H groups in total. The number of aromatic amines is 1. The van der Waals surface area contributed by atoms with Gasteiger partial charge < -0.3 is 24.8 Å². The van der Waals surface area contributed by atoms with E-state index < -0.39 is 28.3 Å². The minimum atomic E-state index is -1.42. The molecule has 4 rings (SSSR count). The van der Waals surface area contributed by atoms with E-state index in [9.17, 15) is 19.8 Å². The van der Waals surface area contributed by atoms with Crippen molar-refractivity contribution in [3.05, 3.63) is 69.0 Å². The number of likely N-dealkylation sites (N-methyl/N-ethyl adjacent to an activating group) is 1. The number of aromatic carboxylic acids is 1. The highest BCUT2D eigenvalue weighted by Crippen LogP contribution is 2.46. The molecule has 1 aliphatic carbocycles. The number of carboxylic acids is 1. The number of fused-ring (bicyclic) bond motifs is 3. The first-order valence-corrected chi connectivity index (χ1v) is 10.5. The number of aromatic hydroxyl groups is 1. The second kappa shape index (κ2) is 8.19. The SMILES string of the molecule is CCN1C(COCc2ccncc2)=CC2(C)c3[nH]c(=O)c(C(=O)O)c(O)c3CCCC12. The van der Waals surface area contributed by atoms with E-state index >= 15 is 0 Å². The van der Waals surface area contributed by atoms with Crippen molar-refractivity contribution in [3.8, 4) is 5.75 Å². The molecule has 0 saturated carbocycles. The molecule has 1 aliphatic heterocycles. The van der Waals surface area contributed by atoms with Crippen LogP contribution in [0.1, 0.15) is 53.9 Å². The van der Waals surface area contributed by atoms with Gasteiger partial charge in [-0.25, -0.2) is 4.79 Å². The summed E-state index contributed by atoms with van der Waals surface area (Å²) in [6, 6.07) is 3.91. The third kappa shape index (κ3) is 3.61. The number of nitrogens with one attached hydrogen (secondary N) is 1. The summed E-state index contributed by atoms with van der Waals surface area (Å²) in [4.78, 5) is 33.1. The molecule has 2 unspecified atom stereocenters. The fraction of sp³-hybridized carbons (Fsp3) is 0.435. The summed E-state index contributed by atoms with van der Waals surface area (Å²) in [5.41, 5.74) is 1.27. The predicted octanol–water partition coefficient (Wildman–Crippen LogP) is 2.57. The zero-order valence-electron chi connectivity index (χ0n) is 17.7. The molecule has 8 nitrogen and oxygen atoms in total. The van der Waals surface area contributed by atoms with E-state index in [0.717, 1.165) is 30.6 Å². The number of pyridine rings is 2. The van der Waals surface area contributed by atoms with Crippen molar-refractivity contribution in [2.24, 2.45) is 0 Å². The lowest BCUT2D eigenvalue weighted by Gasteiger charge is -2.36. The number of ether oxygens (including phenoxy) is 1. The van der Waals surface area contributed by atoms with Crippen LogP contribution in [-0.2, 0) is 23.2 Å². The predicted molar refractivity (Wildman–Crippen MR) is 114 cm³/mol. The Morgan fingerprint density at radius 3 is 2.77 bits per heavy atom. The molecule has 2 aliphatic rings. The highest BCUT2D eigenvalue weighted by atomic mass is 16.5. The summed E-state index contributed by atoms with van der Waals surface area (Å²) in [6.07, 6.45) is 7.72. The largest absolute Gasteiger partial charge is 0.506 e. The van der Waals surface area contributed by atoms with E-state index in [1.165, 1.54) is 0 Å². The summed E-state index contributed by atoms with van der Waals surface area (Å²) in [5.74, 6) is -1.83. The van der Waals surface area contributed by atoms with Crippen molar-refractivity contribution in [1.29, 1.82) is 0 Å². The van der Waals surface area contributed by atoms with Crippen LogP contribution in [0.25, 0.3) is 0 Å². The molecule has 31 heavy (non-hydrogen) atoms. The Hall–Kier alpha value is -3.13. The number of aromatic nitrogens is 2. The molecule has 3 heterocycles. The standard InChI is InChI=1S/C23H27N3O5/c1-3-26-15(13-31-12-14-7-9-24-10-8-14)11-23(2)17(26)6-4-5-16-19(27)18(22(29)30)21(28)25-20(16)23/h7-11,17H,3-6,12-13H2,1-2H3,(H,29,30)(H2,25,27,28). The monoisotopic (exact) mass is 425 g/mol. The minimum absolute atomic E-state index is 0.0870. The third-order valence-electron chi connectivity index (χ3n) is 6.46. The van der Waals surface area contributed by atoms with Gasteiger partial charge in [0.1, 0.15) is 5.75 Å². The number of nitrogens with zero attached hydrogens (tertiary/aromatic N) is 2. The molecule has 2 aromatic heterocycles. The average Bonchev–Trinajstić information content (AvgIpc) is 2.93. The number of H-pyrrole nitrogens is 1. The lowest BCUT2D eigenvalue weighted by Crippen LogP contribution is -2.43. The van der Waals surface area contributed by atoms with Crippen molar-refractivity contribution < 1.29 is 19.7 Å². The van der Waals surface area contributed by atoms with Crippen molar-refractivity contribution in [2.75, 3.05) is 13.2 Å². The van der Waals surface area contributed by atoms with Crippen molar-refractivity contribution in [3.63, 3.8) is 0 Å². The smallest absolute Gasteiger partial charge is 0.345 e. The van der Waals surface area contributed by atoms with Crippen LogP contribution in [0.15, 0.2) is 41.1 Å². The van der Waals surface area contributed by atoms with Gasteiger partial charge in [-0.05, 0) is 56.9 Å². The summed E-state index contributed by atoms with van der Waals surface area (Å²) in [6.45, 7) is 5.79. The molecule has 0 bridgehead atoms. The topological polar surface area (TPSA) is 116 Å². The maximum Gasteiger partial charge on any atom is 0.345 e. The Bertz CT molecular complexity index is 1080. The Balaban J connectivity index is 1.70. The van der Waals surface area contributed by atoms with Crippen molar-refractivity contribution in [2.45, 2.75) is 51.2 Å². The van der Waals surface area contributed by atoms with E-state index in [4.69, 9.17) is 4.74 Å². The highest BCUT2D eigenvalue weighted by Gasteiger charge is 2.47. The lowest BCUT2D eigenvalue weighted by molar-refractivity contribution is 0.0691. The zero-order valence-corrected chi connectivity index (χ0v) is 17.7. The molecule has 0 aromatic carbocycles. The molecular weight excluding hydrogens is 398 g/mol. The van der Waals surface area contributed by atoms with E-state index in [2.05, 4.69) is 27.9 Å². The number of carboxylic acid groups (broad SMARTS) is 1. The van der Waals surface area contributed by atoms with Crippen LogP contribution in [0, 0.1) is 0 Å². The van der Waals surface area contributed by atoms with Gasteiger partial charge in [-0.15, -0.1) is 0 Å². The van der Waals surface area contributed by atoms with Crippen LogP contribution in [0.3, 0.4) is 0 Å². The number of hydrogen-bond donors (Lipinski definition) is 3. The third-order valence-corrected chi connectivity index (χ3v) is 6.46. The Morgan fingerprint density at radius 1 is 1.35 bits per heavy atom. The zero-order chi connectivity index (χ0) is 22.2. The molecular formula is C23H27N3O5.